The third-order valence-corrected chi connectivity index (χ3v) is 4.30. The molecule has 19 heavy (non-hydrogen) atoms. The van der Waals surface area contributed by atoms with Gasteiger partial charge in [-0.1, -0.05) is 32.4 Å². The highest BCUT2D eigenvalue weighted by Crippen LogP contribution is 2.38. The highest BCUT2D eigenvalue weighted by atomic mass is 16.5. The van der Waals surface area contributed by atoms with Crippen molar-refractivity contribution >= 4 is 0 Å². The van der Waals surface area contributed by atoms with Crippen molar-refractivity contribution in [3.05, 3.63) is 29.8 Å². The minimum absolute atomic E-state index is 0.709. The number of hydrogen-bond acceptors (Lipinski definition) is 2. The van der Waals surface area contributed by atoms with E-state index >= 15 is 0 Å². The molecule has 0 aliphatic heterocycles. The van der Waals surface area contributed by atoms with E-state index in [9.17, 15) is 0 Å². The van der Waals surface area contributed by atoms with Crippen molar-refractivity contribution in [1.29, 1.82) is 0 Å². The van der Waals surface area contributed by atoms with Gasteiger partial charge in [0.2, 0.25) is 0 Å². The fourth-order valence-corrected chi connectivity index (χ4v) is 3.01. The summed E-state index contributed by atoms with van der Waals surface area (Å²) in [5.41, 5.74) is 1.43. The SMILES string of the molecule is CCCC(CC)NC1CC(c2cccc(OC)c2)C1. The van der Waals surface area contributed by atoms with E-state index in [2.05, 4.69) is 37.4 Å². The first-order chi connectivity index (χ1) is 9.26. The van der Waals surface area contributed by atoms with Crippen molar-refractivity contribution in [2.24, 2.45) is 0 Å². The Hall–Kier alpha value is -1.02. The second-order valence-electron chi connectivity index (χ2n) is 5.70. The molecule has 0 aromatic heterocycles. The maximum Gasteiger partial charge on any atom is 0.119 e. The van der Waals surface area contributed by atoms with Crippen LogP contribution in [0.2, 0.25) is 0 Å². The van der Waals surface area contributed by atoms with Crippen LogP contribution in [0.5, 0.6) is 5.75 Å². The lowest BCUT2D eigenvalue weighted by atomic mass is 9.75. The molecule has 1 aliphatic carbocycles. The third kappa shape index (κ3) is 3.73. The van der Waals surface area contributed by atoms with Crippen molar-refractivity contribution in [2.75, 3.05) is 7.11 Å². The molecule has 0 spiro atoms. The van der Waals surface area contributed by atoms with Gasteiger partial charge in [-0.05, 0) is 49.3 Å². The number of ether oxygens (including phenoxy) is 1. The highest BCUT2D eigenvalue weighted by molar-refractivity contribution is 5.32. The van der Waals surface area contributed by atoms with Gasteiger partial charge in [0, 0.05) is 12.1 Å². The van der Waals surface area contributed by atoms with Crippen molar-refractivity contribution in [2.45, 2.75) is 64.0 Å². The van der Waals surface area contributed by atoms with Crippen LogP contribution < -0.4 is 10.1 Å². The summed E-state index contributed by atoms with van der Waals surface area (Å²) in [6.07, 6.45) is 6.36. The van der Waals surface area contributed by atoms with E-state index in [1.165, 1.54) is 37.7 Å². The maximum atomic E-state index is 5.30. The second kappa shape index (κ2) is 6.95. The van der Waals surface area contributed by atoms with E-state index in [0.29, 0.717) is 18.0 Å². The summed E-state index contributed by atoms with van der Waals surface area (Å²) in [6, 6.07) is 9.96. The number of hydrogen-bond donors (Lipinski definition) is 1. The van der Waals surface area contributed by atoms with Gasteiger partial charge in [-0.15, -0.1) is 0 Å². The van der Waals surface area contributed by atoms with Crippen LogP contribution in [0.4, 0.5) is 0 Å². The van der Waals surface area contributed by atoms with Gasteiger partial charge < -0.3 is 10.1 Å². The zero-order chi connectivity index (χ0) is 13.7. The number of rotatable bonds is 7. The fourth-order valence-electron chi connectivity index (χ4n) is 3.01. The average Bonchev–Trinajstić information content (AvgIpc) is 2.41. The van der Waals surface area contributed by atoms with Gasteiger partial charge in [0.25, 0.3) is 0 Å². The third-order valence-electron chi connectivity index (χ3n) is 4.30. The molecule has 0 bridgehead atoms. The summed E-state index contributed by atoms with van der Waals surface area (Å²) < 4.78 is 5.30. The largest absolute Gasteiger partial charge is 0.497 e. The minimum atomic E-state index is 0.709. The molecular formula is C17H27NO. The summed E-state index contributed by atoms with van der Waals surface area (Å²) >= 11 is 0. The molecule has 1 N–H and O–H groups in total. The molecule has 1 saturated carbocycles. The van der Waals surface area contributed by atoms with Crippen LogP contribution >= 0.6 is 0 Å². The molecule has 1 aromatic carbocycles. The predicted octanol–water partition coefficient (Wildman–Crippen LogP) is 4.11. The van der Waals surface area contributed by atoms with Crippen molar-refractivity contribution in [1.82, 2.24) is 5.32 Å². The molecule has 0 radical (unpaired) electrons. The molecule has 2 rings (SSSR count). The molecule has 1 aromatic rings. The first-order valence-electron chi connectivity index (χ1n) is 7.66. The second-order valence-corrected chi connectivity index (χ2v) is 5.70. The maximum absolute atomic E-state index is 5.30. The Balaban J connectivity index is 1.82. The van der Waals surface area contributed by atoms with Crippen LogP contribution in [0.1, 0.15) is 57.4 Å². The van der Waals surface area contributed by atoms with Crippen LogP contribution in [0.25, 0.3) is 0 Å². The molecule has 1 unspecified atom stereocenters. The van der Waals surface area contributed by atoms with E-state index in [1.54, 1.807) is 7.11 Å². The fraction of sp³-hybridized carbons (Fsp3) is 0.647. The Morgan fingerprint density at radius 3 is 2.74 bits per heavy atom. The zero-order valence-corrected chi connectivity index (χ0v) is 12.5. The van der Waals surface area contributed by atoms with Gasteiger partial charge in [0.15, 0.2) is 0 Å². The highest BCUT2D eigenvalue weighted by Gasteiger charge is 2.31. The van der Waals surface area contributed by atoms with Gasteiger partial charge in [-0.2, -0.15) is 0 Å². The van der Waals surface area contributed by atoms with Crippen molar-refractivity contribution in [3.8, 4) is 5.75 Å². The lowest BCUT2D eigenvalue weighted by Crippen LogP contribution is -2.45. The van der Waals surface area contributed by atoms with Gasteiger partial charge in [0.1, 0.15) is 5.75 Å². The topological polar surface area (TPSA) is 21.3 Å². The Morgan fingerprint density at radius 2 is 2.11 bits per heavy atom. The first-order valence-corrected chi connectivity index (χ1v) is 7.66. The van der Waals surface area contributed by atoms with Gasteiger partial charge in [-0.3, -0.25) is 0 Å². The standard InChI is InChI=1S/C17H27NO/c1-4-7-15(5-2)18-16-10-14(11-16)13-8-6-9-17(12-13)19-3/h6,8-9,12,14-16,18H,4-5,7,10-11H2,1-3H3. The Labute approximate surface area is 117 Å². The Bertz CT molecular complexity index is 385. The first kappa shape index (κ1) is 14.4. The van der Waals surface area contributed by atoms with Crippen LogP contribution in [0.3, 0.4) is 0 Å². The van der Waals surface area contributed by atoms with E-state index in [0.717, 1.165) is 5.75 Å². The van der Waals surface area contributed by atoms with Crippen molar-refractivity contribution in [3.63, 3.8) is 0 Å². The summed E-state index contributed by atoms with van der Waals surface area (Å²) in [6.45, 7) is 4.55. The van der Waals surface area contributed by atoms with Gasteiger partial charge >= 0.3 is 0 Å². The van der Waals surface area contributed by atoms with E-state index in [4.69, 9.17) is 4.74 Å². The molecule has 0 heterocycles. The number of nitrogens with one attached hydrogen (secondary N) is 1. The lowest BCUT2D eigenvalue weighted by molar-refractivity contribution is 0.255. The Kier molecular flexibility index (Phi) is 5.26. The molecule has 1 aliphatic rings. The van der Waals surface area contributed by atoms with Crippen LogP contribution in [0.15, 0.2) is 24.3 Å². The van der Waals surface area contributed by atoms with Crippen molar-refractivity contribution < 1.29 is 4.74 Å². The zero-order valence-electron chi connectivity index (χ0n) is 12.5. The normalized spacial score (nSPS) is 23.7. The van der Waals surface area contributed by atoms with Crippen LogP contribution in [0, 0.1) is 0 Å². The monoisotopic (exact) mass is 261 g/mol. The van der Waals surface area contributed by atoms with Crippen LogP contribution in [-0.2, 0) is 0 Å². The van der Waals surface area contributed by atoms with Gasteiger partial charge in [-0.25, -0.2) is 0 Å². The molecule has 2 nitrogen and oxygen atoms in total. The van der Waals surface area contributed by atoms with Crippen LogP contribution in [-0.4, -0.2) is 19.2 Å². The van der Waals surface area contributed by atoms with E-state index in [-0.39, 0.29) is 0 Å². The molecular weight excluding hydrogens is 234 g/mol. The summed E-state index contributed by atoms with van der Waals surface area (Å²) in [4.78, 5) is 0. The van der Waals surface area contributed by atoms with Gasteiger partial charge in [0.05, 0.1) is 7.11 Å². The molecule has 1 atom stereocenters. The molecule has 0 amide bonds. The molecule has 0 saturated heterocycles. The Morgan fingerprint density at radius 1 is 1.32 bits per heavy atom. The number of methoxy groups -OCH3 is 1. The summed E-state index contributed by atoms with van der Waals surface area (Å²) in [5, 5.41) is 3.80. The predicted molar refractivity (Wildman–Crippen MR) is 80.9 cm³/mol. The number of benzene rings is 1. The summed E-state index contributed by atoms with van der Waals surface area (Å²) in [5.74, 6) is 1.69. The summed E-state index contributed by atoms with van der Waals surface area (Å²) in [7, 11) is 1.74. The smallest absolute Gasteiger partial charge is 0.119 e. The molecule has 1 fully saturated rings. The van der Waals surface area contributed by atoms with E-state index < -0.39 is 0 Å². The molecule has 2 heteroatoms. The quantitative estimate of drug-likeness (QED) is 0.797. The van der Waals surface area contributed by atoms with E-state index in [1.807, 2.05) is 6.07 Å². The minimum Gasteiger partial charge on any atom is -0.497 e. The lowest BCUT2D eigenvalue weighted by Gasteiger charge is -2.38. The average molecular weight is 261 g/mol. The molecule has 106 valence electrons.